The summed E-state index contributed by atoms with van der Waals surface area (Å²) in [6, 6.07) is 2.06. The SMILES string of the molecule is CCCc1cc(NCCN2CCNCC2)ncn1. The van der Waals surface area contributed by atoms with Gasteiger partial charge in [-0.1, -0.05) is 13.3 Å². The third kappa shape index (κ3) is 4.23. The fourth-order valence-electron chi connectivity index (χ4n) is 2.16. The van der Waals surface area contributed by atoms with Gasteiger partial charge in [-0.05, 0) is 6.42 Å². The highest BCUT2D eigenvalue weighted by Crippen LogP contribution is 2.05. The van der Waals surface area contributed by atoms with Gasteiger partial charge in [0.1, 0.15) is 12.1 Å². The van der Waals surface area contributed by atoms with E-state index in [1.54, 1.807) is 6.33 Å². The summed E-state index contributed by atoms with van der Waals surface area (Å²) >= 11 is 0. The van der Waals surface area contributed by atoms with Crippen LogP contribution in [0.1, 0.15) is 19.0 Å². The van der Waals surface area contributed by atoms with Crippen molar-refractivity contribution in [2.24, 2.45) is 0 Å². The van der Waals surface area contributed by atoms with Gasteiger partial charge in [0, 0.05) is 51.0 Å². The van der Waals surface area contributed by atoms with Gasteiger partial charge in [-0.3, -0.25) is 4.90 Å². The molecule has 0 amide bonds. The van der Waals surface area contributed by atoms with Crippen LogP contribution >= 0.6 is 0 Å². The molecule has 1 saturated heterocycles. The van der Waals surface area contributed by atoms with E-state index in [2.05, 4.69) is 38.5 Å². The van der Waals surface area contributed by atoms with Crippen molar-refractivity contribution in [1.29, 1.82) is 0 Å². The van der Waals surface area contributed by atoms with Crippen LogP contribution in [0.4, 0.5) is 5.82 Å². The van der Waals surface area contributed by atoms with Crippen molar-refractivity contribution in [3.63, 3.8) is 0 Å². The smallest absolute Gasteiger partial charge is 0.129 e. The van der Waals surface area contributed by atoms with Crippen LogP contribution < -0.4 is 10.6 Å². The fraction of sp³-hybridized carbons (Fsp3) is 0.692. The normalized spacial score (nSPS) is 16.7. The van der Waals surface area contributed by atoms with Gasteiger partial charge in [0.15, 0.2) is 0 Å². The third-order valence-corrected chi connectivity index (χ3v) is 3.17. The van der Waals surface area contributed by atoms with E-state index in [1.807, 2.05) is 0 Å². The molecule has 100 valence electrons. The van der Waals surface area contributed by atoms with Gasteiger partial charge in [-0.2, -0.15) is 0 Å². The van der Waals surface area contributed by atoms with Gasteiger partial charge in [-0.15, -0.1) is 0 Å². The van der Waals surface area contributed by atoms with E-state index in [4.69, 9.17) is 0 Å². The molecule has 0 spiro atoms. The predicted molar refractivity (Wildman–Crippen MR) is 73.8 cm³/mol. The van der Waals surface area contributed by atoms with E-state index >= 15 is 0 Å². The van der Waals surface area contributed by atoms with E-state index in [0.29, 0.717) is 0 Å². The molecule has 2 heterocycles. The zero-order valence-corrected chi connectivity index (χ0v) is 11.2. The number of rotatable bonds is 6. The summed E-state index contributed by atoms with van der Waals surface area (Å²) in [6.45, 7) is 8.69. The highest BCUT2D eigenvalue weighted by atomic mass is 15.2. The van der Waals surface area contributed by atoms with Crippen LogP contribution in [-0.4, -0.2) is 54.1 Å². The average molecular weight is 249 g/mol. The first kappa shape index (κ1) is 13.2. The van der Waals surface area contributed by atoms with Crippen LogP contribution in [0.15, 0.2) is 12.4 Å². The lowest BCUT2D eigenvalue weighted by atomic mass is 10.2. The summed E-state index contributed by atoms with van der Waals surface area (Å²) in [7, 11) is 0. The van der Waals surface area contributed by atoms with Crippen LogP contribution in [0.5, 0.6) is 0 Å². The molecule has 18 heavy (non-hydrogen) atoms. The minimum atomic E-state index is 0.947. The Labute approximate surface area is 109 Å². The molecule has 2 N–H and O–H groups in total. The molecule has 1 aliphatic rings. The van der Waals surface area contributed by atoms with Crippen LogP contribution in [-0.2, 0) is 6.42 Å². The summed E-state index contributed by atoms with van der Waals surface area (Å²) < 4.78 is 0. The third-order valence-electron chi connectivity index (χ3n) is 3.17. The lowest BCUT2D eigenvalue weighted by Crippen LogP contribution is -2.45. The van der Waals surface area contributed by atoms with E-state index in [1.165, 1.54) is 0 Å². The average Bonchev–Trinajstić information content (AvgIpc) is 2.41. The number of hydrogen-bond donors (Lipinski definition) is 2. The Kier molecular flexibility index (Phi) is 5.36. The maximum Gasteiger partial charge on any atom is 0.129 e. The molecule has 0 atom stereocenters. The standard InChI is InChI=1S/C13H23N5/c1-2-3-12-10-13(17-11-16-12)15-6-9-18-7-4-14-5-8-18/h10-11,14H,2-9H2,1H3,(H,15,16,17). The predicted octanol–water partition coefficient (Wildman–Crippen LogP) is 0.746. The molecular weight excluding hydrogens is 226 g/mol. The largest absolute Gasteiger partial charge is 0.369 e. The van der Waals surface area contributed by atoms with Crippen molar-refractivity contribution in [3.05, 3.63) is 18.1 Å². The molecule has 2 rings (SSSR count). The van der Waals surface area contributed by atoms with Gasteiger partial charge >= 0.3 is 0 Å². The number of hydrogen-bond acceptors (Lipinski definition) is 5. The number of aromatic nitrogens is 2. The molecule has 0 saturated carbocycles. The monoisotopic (exact) mass is 249 g/mol. The number of nitrogens with zero attached hydrogens (tertiary/aromatic N) is 3. The summed E-state index contributed by atoms with van der Waals surface area (Å²) in [5, 5.41) is 6.74. The molecule has 0 unspecified atom stereocenters. The quantitative estimate of drug-likeness (QED) is 0.779. The first-order chi connectivity index (χ1) is 8.88. The van der Waals surface area contributed by atoms with Gasteiger partial charge in [0.2, 0.25) is 0 Å². The second-order valence-corrected chi connectivity index (χ2v) is 4.66. The molecule has 0 aromatic carbocycles. The molecular formula is C13H23N5. The number of anilines is 1. The van der Waals surface area contributed by atoms with Crippen LogP contribution in [0.25, 0.3) is 0 Å². The Bertz CT molecular complexity index is 349. The van der Waals surface area contributed by atoms with Crippen molar-refractivity contribution < 1.29 is 0 Å². The molecule has 0 bridgehead atoms. The Hall–Kier alpha value is -1.20. The molecule has 1 aromatic heterocycles. The summed E-state index contributed by atoms with van der Waals surface area (Å²) in [4.78, 5) is 11.0. The van der Waals surface area contributed by atoms with Crippen LogP contribution in [0, 0.1) is 0 Å². The topological polar surface area (TPSA) is 53.1 Å². The van der Waals surface area contributed by atoms with Crippen molar-refractivity contribution in [1.82, 2.24) is 20.2 Å². The highest BCUT2D eigenvalue weighted by molar-refractivity contribution is 5.34. The van der Waals surface area contributed by atoms with Crippen molar-refractivity contribution in [2.75, 3.05) is 44.6 Å². The first-order valence-electron chi connectivity index (χ1n) is 6.86. The summed E-state index contributed by atoms with van der Waals surface area (Å²) in [5.74, 6) is 0.948. The van der Waals surface area contributed by atoms with Crippen molar-refractivity contribution in [3.8, 4) is 0 Å². The van der Waals surface area contributed by atoms with Crippen molar-refractivity contribution >= 4 is 5.82 Å². The summed E-state index contributed by atoms with van der Waals surface area (Å²) in [6.07, 6.45) is 3.80. The summed E-state index contributed by atoms with van der Waals surface area (Å²) in [5.41, 5.74) is 1.12. The molecule has 1 aliphatic heterocycles. The van der Waals surface area contributed by atoms with E-state index in [0.717, 1.165) is 63.6 Å². The number of aryl methyl sites for hydroxylation is 1. The lowest BCUT2D eigenvalue weighted by Gasteiger charge is -2.27. The Morgan fingerprint density at radius 1 is 1.33 bits per heavy atom. The van der Waals surface area contributed by atoms with Gasteiger partial charge < -0.3 is 10.6 Å². The van der Waals surface area contributed by atoms with Gasteiger partial charge in [0.05, 0.1) is 0 Å². The maximum absolute atomic E-state index is 4.26. The number of nitrogens with one attached hydrogen (secondary N) is 2. The molecule has 5 heteroatoms. The first-order valence-corrected chi connectivity index (χ1v) is 6.86. The van der Waals surface area contributed by atoms with Gasteiger partial charge in [0.25, 0.3) is 0 Å². The molecule has 1 aromatic rings. The molecule has 1 fully saturated rings. The van der Waals surface area contributed by atoms with Crippen LogP contribution in [0.3, 0.4) is 0 Å². The van der Waals surface area contributed by atoms with Gasteiger partial charge in [-0.25, -0.2) is 9.97 Å². The minimum absolute atomic E-state index is 0.947. The van der Waals surface area contributed by atoms with E-state index in [-0.39, 0.29) is 0 Å². The van der Waals surface area contributed by atoms with Crippen LogP contribution in [0.2, 0.25) is 0 Å². The Balaban J connectivity index is 1.73. The van der Waals surface area contributed by atoms with E-state index < -0.39 is 0 Å². The molecule has 0 radical (unpaired) electrons. The zero-order chi connectivity index (χ0) is 12.6. The fourth-order valence-corrected chi connectivity index (χ4v) is 2.16. The molecule has 5 nitrogen and oxygen atoms in total. The Morgan fingerprint density at radius 2 is 2.17 bits per heavy atom. The maximum atomic E-state index is 4.26. The highest BCUT2D eigenvalue weighted by Gasteiger charge is 2.08. The van der Waals surface area contributed by atoms with Crippen molar-refractivity contribution in [2.45, 2.75) is 19.8 Å². The number of piperazine rings is 1. The lowest BCUT2D eigenvalue weighted by molar-refractivity contribution is 0.249. The van der Waals surface area contributed by atoms with E-state index in [9.17, 15) is 0 Å². The zero-order valence-electron chi connectivity index (χ0n) is 11.2. The second kappa shape index (κ2) is 7.28. The molecule has 0 aliphatic carbocycles. The second-order valence-electron chi connectivity index (χ2n) is 4.66. The minimum Gasteiger partial charge on any atom is -0.369 e. The Morgan fingerprint density at radius 3 is 2.94 bits per heavy atom.